The standard InChI is InChI=1S/C17H36N2O2/c1-13(15(2,3)4)18-11-12-19(16(5,6)7)14(20)21-17(8,9)10/h13,18H,11-12H2,1-10H3. The molecule has 1 atom stereocenters. The molecule has 126 valence electrons. The molecule has 4 heteroatoms. The van der Waals surface area contributed by atoms with Crippen molar-refractivity contribution >= 4 is 6.09 Å². The highest BCUT2D eigenvalue weighted by Crippen LogP contribution is 2.20. The van der Waals surface area contributed by atoms with Gasteiger partial charge in [-0.25, -0.2) is 4.79 Å². The zero-order valence-corrected chi connectivity index (χ0v) is 15.8. The number of amides is 1. The van der Waals surface area contributed by atoms with Crippen LogP contribution in [0, 0.1) is 5.41 Å². The smallest absolute Gasteiger partial charge is 0.410 e. The summed E-state index contributed by atoms with van der Waals surface area (Å²) in [6.45, 7) is 22.0. The van der Waals surface area contributed by atoms with Crippen molar-refractivity contribution in [1.29, 1.82) is 0 Å². The molecule has 0 heterocycles. The molecule has 4 nitrogen and oxygen atoms in total. The van der Waals surface area contributed by atoms with Gasteiger partial charge in [0.2, 0.25) is 0 Å². The normalized spacial score (nSPS) is 14.8. The van der Waals surface area contributed by atoms with Crippen molar-refractivity contribution in [2.24, 2.45) is 5.41 Å². The molecule has 0 rings (SSSR count). The Morgan fingerprint density at radius 1 is 1.05 bits per heavy atom. The molecule has 0 aliphatic carbocycles. The number of nitrogens with one attached hydrogen (secondary N) is 1. The van der Waals surface area contributed by atoms with Gasteiger partial charge in [0.1, 0.15) is 5.60 Å². The van der Waals surface area contributed by atoms with Gasteiger partial charge in [-0.1, -0.05) is 20.8 Å². The van der Waals surface area contributed by atoms with E-state index in [-0.39, 0.29) is 17.0 Å². The van der Waals surface area contributed by atoms with E-state index < -0.39 is 5.60 Å². The molecule has 0 saturated heterocycles. The van der Waals surface area contributed by atoms with E-state index in [2.05, 4.69) is 33.0 Å². The molecular weight excluding hydrogens is 264 g/mol. The van der Waals surface area contributed by atoms with Gasteiger partial charge in [-0.15, -0.1) is 0 Å². The fourth-order valence-corrected chi connectivity index (χ4v) is 1.72. The molecule has 1 unspecified atom stereocenters. The van der Waals surface area contributed by atoms with Crippen molar-refractivity contribution in [3.63, 3.8) is 0 Å². The highest BCUT2D eigenvalue weighted by Gasteiger charge is 2.30. The van der Waals surface area contributed by atoms with E-state index in [0.717, 1.165) is 6.54 Å². The monoisotopic (exact) mass is 300 g/mol. The van der Waals surface area contributed by atoms with Crippen LogP contribution in [0.2, 0.25) is 0 Å². The first-order valence-electron chi connectivity index (χ1n) is 7.88. The number of nitrogens with zero attached hydrogens (tertiary/aromatic N) is 1. The zero-order valence-electron chi connectivity index (χ0n) is 15.8. The van der Waals surface area contributed by atoms with Crippen LogP contribution in [0.15, 0.2) is 0 Å². The van der Waals surface area contributed by atoms with Gasteiger partial charge in [0.15, 0.2) is 0 Å². The predicted octanol–water partition coefficient (Wildman–Crippen LogP) is 4.05. The minimum atomic E-state index is -0.466. The van der Waals surface area contributed by atoms with Gasteiger partial charge in [0, 0.05) is 24.7 Å². The lowest BCUT2D eigenvalue weighted by Gasteiger charge is -2.37. The highest BCUT2D eigenvalue weighted by atomic mass is 16.6. The molecule has 0 aromatic rings. The fourth-order valence-electron chi connectivity index (χ4n) is 1.72. The van der Waals surface area contributed by atoms with Crippen LogP contribution in [0.4, 0.5) is 4.79 Å². The van der Waals surface area contributed by atoms with Crippen LogP contribution in [0.3, 0.4) is 0 Å². The summed E-state index contributed by atoms with van der Waals surface area (Å²) < 4.78 is 5.51. The lowest BCUT2D eigenvalue weighted by molar-refractivity contribution is 0.00628. The van der Waals surface area contributed by atoms with Crippen LogP contribution in [-0.4, -0.2) is 41.3 Å². The van der Waals surface area contributed by atoms with Crippen molar-refractivity contribution in [3.8, 4) is 0 Å². The van der Waals surface area contributed by atoms with Gasteiger partial charge in [0.05, 0.1) is 0 Å². The van der Waals surface area contributed by atoms with Crippen molar-refractivity contribution in [2.75, 3.05) is 13.1 Å². The van der Waals surface area contributed by atoms with Gasteiger partial charge >= 0.3 is 6.09 Å². The van der Waals surface area contributed by atoms with Crippen LogP contribution < -0.4 is 5.32 Å². The second-order valence-electron chi connectivity index (χ2n) is 8.84. The fraction of sp³-hybridized carbons (Fsp3) is 0.941. The van der Waals surface area contributed by atoms with Crippen LogP contribution in [0.25, 0.3) is 0 Å². The number of carbonyl (C=O) groups is 1. The maximum Gasteiger partial charge on any atom is 0.410 e. The zero-order chi connectivity index (χ0) is 17.1. The second-order valence-corrected chi connectivity index (χ2v) is 8.84. The molecule has 0 aromatic carbocycles. The quantitative estimate of drug-likeness (QED) is 0.851. The Balaban J connectivity index is 4.64. The lowest BCUT2D eigenvalue weighted by atomic mass is 9.88. The summed E-state index contributed by atoms with van der Waals surface area (Å²) in [4.78, 5) is 14.1. The predicted molar refractivity (Wildman–Crippen MR) is 89.6 cm³/mol. The summed E-state index contributed by atoms with van der Waals surface area (Å²) in [5.41, 5.74) is -0.514. The Morgan fingerprint density at radius 2 is 1.52 bits per heavy atom. The first-order chi connectivity index (χ1) is 9.14. The molecule has 0 bridgehead atoms. The van der Waals surface area contributed by atoms with Crippen LogP contribution in [0.5, 0.6) is 0 Å². The second kappa shape index (κ2) is 6.99. The summed E-state index contributed by atoms with van der Waals surface area (Å²) in [5, 5.41) is 3.49. The number of ether oxygens (including phenoxy) is 1. The van der Waals surface area contributed by atoms with E-state index in [9.17, 15) is 4.79 Å². The first kappa shape index (κ1) is 20.2. The van der Waals surface area contributed by atoms with E-state index in [1.54, 1.807) is 4.90 Å². The van der Waals surface area contributed by atoms with Gasteiger partial charge < -0.3 is 15.0 Å². The van der Waals surface area contributed by atoms with Crippen LogP contribution in [-0.2, 0) is 4.74 Å². The number of carbonyl (C=O) groups excluding carboxylic acids is 1. The summed E-state index contributed by atoms with van der Waals surface area (Å²) >= 11 is 0. The Labute approximate surface area is 131 Å². The number of rotatable bonds is 4. The molecule has 0 radical (unpaired) electrons. The number of hydrogen-bond donors (Lipinski definition) is 1. The van der Waals surface area contributed by atoms with E-state index in [1.807, 2.05) is 41.5 Å². The van der Waals surface area contributed by atoms with E-state index in [0.29, 0.717) is 12.6 Å². The maximum absolute atomic E-state index is 12.4. The van der Waals surface area contributed by atoms with E-state index in [4.69, 9.17) is 4.74 Å². The topological polar surface area (TPSA) is 41.6 Å². The third kappa shape index (κ3) is 8.30. The largest absolute Gasteiger partial charge is 0.444 e. The minimum absolute atomic E-state index is 0.207. The Hall–Kier alpha value is -0.770. The summed E-state index contributed by atoms with van der Waals surface area (Å²) in [6.07, 6.45) is -0.250. The molecular formula is C17H36N2O2. The van der Waals surface area contributed by atoms with Gasteiger partial charge in [-0.2, -0.15) is 0 Å². The summed E-state index contributed by atoms with van der Waals surface area (Å²) in [5.74, 6) is 0. The lowest BCUT2D eigenvalue weighted by Crippen LogP contribution is -2.51. The van der Waals surface area contributed by atoms with Crippen molar-refractivity contribution in [2.45, 2.75) is 86.4 Å². The molecule has 0 aliphatic heterocycles. The highest BCUT2D eigenvalue weighted by molar-refractivity contribution is 5.69. The molecule has 0 fully saturated rings. The third-order valence-electron chi connectivity index (χ3n) is 3.51. The van der Waals surface area contributed by atoms with Crippen molar-refractivity contribution in [1.82, 2.24) is 10.2 Å². The molecule has 0 aromatic heterocycles. The van der Waals surface area contributed by atoms with Crippen LogP contribution >= 0.6 is 0 Å². The molecule has 1 N–H and O–H groups in total. The van der Waals surface area contributed by atoms with Crippen molar-refractivity contribution in [3.05, 3.63) is 0 Å². The third-order valence-corrected chi connectivity index (χ3v) is 3.51. The Bertz CT molecular complexity index is 332. The van der Waals surface area contributed by atoms with Gasteiger partial charge in [-0.3, -0.25) is 0 Å². The maximum atomic E-state index is 12.4. The van der Waals surface area contributed by atoms with Crippen molar-refractivity contribution < 1.29 is 9.53 Å². The molecule has 0 spiro atoms. The first-order valence-corrected chi connectivity index (χ1v) is 7.88. The Kier molecular flexibility index (Phi) is 6.74. The SMILES string of the molecule is CC(NCCN(C(=O)OC(C)(C)C)C(C)(C)C)C(C)(C)C. The van der Waals surface area contributed by atoms with Gasteiger partial charge in [-0.05, 0) is 53.9 Å². The van der Waals surface area contributed by atoms with E-state index >= 15 is 0 Å². The van der Waals surface area contributed by atoms with Crippen LogP contribution in [0.1, 0.15) is 69.2 Å². The average molecular weight is 300 g/mol. The minimum Gasteiger partial charge on any atom is -0.444 e. The summed E-state index contributed by atoms with van der Waals surface area (Å²) in [7, 11) is 0. The Morgan fingerprint density at radius 3 is 1.86 bits per heavy atom. The molecule has 21 heavy (non-hydrogen) atoms. The van der Waals surface area contributed by atoms with Gasteiger partial charge in [0.25, 0.3) is 0 Å². The molecule has 0 aliphatic rings. The summed E-state index contributed by atoms with van der Waals surface area (Å²) in [6, 6.07) is 0.387. The molecule has 0 saturated carbocycles. The number of hydrogen-bond acceptors (Lipinski definition) is 3. The molecule has 1 amide bonds. The average Bonchev–Trinajstić information content (AvgIpc) is 2.17. The van der Waals surface area contributed by atoms with E-state index in [1.165, 1.54) is 0 Å².